The van der Waals surface area contributed by atoms with Crippen molar-refractivity contribution < 1.29 is 4.74 Å². The molecule has 6 nitrogen and oxygen atoms in total. The van der Waals surface area contributed by atoms with Gasteiger partial charge in [-0.3, -0.25) is 9.36 Å². The van der Waals surface area contributed by atoms with E-state index < -0.39 is 0 Å². The molecule has 0 aliphatic rings. The number of terminal acetylenes is 1. The average molecular weight is 268 g/mol. The predicted molar refractivity (Wildman–Crippen MR) is 74.8 cm³/mol. The summed E-state index contributed by atoms with van der Waals surface area (Å²) in [6.07, 6.45) is 5.33. The van der Waals surface area contributed by atoms with Gasteiger partial charge in [0.1, 0.15) is 0 Å². The normalized spacial score (nSPS) is 10.8. The van der Waals surface area contributed by atoms with Crippen molar-refractivity contribution in [3.05, 3.63) is 34.6 Å². The van der Waals surface area contributed by atoms with E-state index in [0.29, 0.717) is 23.3 Å². The topological polar surface area (TPSA) is 61.4 Å². The number of hydrogen-bond donors (Lipinski definition) is 0. The molecule has 0 atom stereocenters. The number of nitrogens with zero attached hydrogens (tertiary/aromatic N) is 4. The summed E-state index contributed by atoms with van der Waals surface area (Å²) in [6.45, 7) is 2.43. The van der Waals surface area contributed by atoms with Crippen LogP contribution < -0.4 is 10.3 Å². The molecule has 100 valence electrons. The van der Waals surface area contributed by atoms with Gasteiger partial charge in [0.05, 0.1) is 24.1 Å². The Morgan fingerprint density at radius 3 is 2.95 bits per heavy atom. The summed E-state index contributed by atoms with van der Waals surface area (Å²) in [4.78, 5) is 16.7. The fourth-order valence-electron chi connectivity index (χ4n) is 2.12. The first-order chi connectivity index (χ1) is 9.76. The fourth-order valence-corrected chi connectivity index (χ4v) is 2.12. The van der Waals surface area contributed by atoms with E-state index in [9.17, 15) is 4.79 Å². The third kappa shape index (κ3) is 1.72. The van der Waals surface area contributed by atoms with Crippen LogP contribution in [0.25, 0.3) is 16.7 Å². The van der Waals surface area contributed by atoms with Crippen molar-refractivity contribution in [3.63, 3.8) is 0 Å². The Hall–Kier alpha value is -2.81. The summed E-state index contributed by atoms with van der Waals surface area (Å²) in [7, 11) is 0. The maximum absolute atomic E-state index is 12.4. The van der Waals surface area contributed by atoms with Crippen molar-refractivity contribution in [2.75, 3.05) is 6.61 Å². The quantitative estimate of drug-likeness (QED) is 0.667. The summed E-state index contributed by atoms with van der Waals surface area (Å²) in [6, 6.07) is 7.43. The van der Waals surface area contributed by atoms with Crippen LogP contribution in [0.3, 0.4) is 0 Å². The van der Waals surface area contributed by atoms with Crippen molar-refractivity contribution in [1.82, 2.24) is 19.2 Å². The van der Waals surface area contributed by atoms with Gasteiger partial charge >= 0.3 is 6.01 Å². The minimum absolute atomic E-state index is 0.136. The maximum Gasteiger partial charge on any atom is 0.337 e. The standard InChI is InChI=1S/C14H12N4O2/c1-3-9-17-12(19)10-7-5-6-8-11(10)18-14(17)15-13(16-18)20-4-2/h1,5-8H,4,9H2,2H3. The molecule has 20 heavy (non-hydrogen) atoms. The second-order valence-electron chi connectivity index (χ2n) is 4.15. The van der Waals surface area contributed by atoms with Gasteiger partial charge in [0.15, 0.2) is 0 Å². The smallest absolute Gasteiger partial charge is 0.337 e. The van der Waals surface area contributed by atoms with Crippen LogP contribution in [-0.2, 0) is 6.54 Å². The Morgan fingerprint density at radius 1 is 1.40 bits per heavy atom. The molecule has 0 spiro atoms. The van der Waals surface area contributed by atoms with Crippen molar-refractivity contribution in [2.45, 2.75) is 13.5 Å². The third-order valence-electron chi connectivity index (χ3n) is 2.94. The lowest BCUT2D eigenvalue weighted by molar-refractivity contribution is 0.313. The van der Waals surface area contributed by atoms with Gasteiger partial charge in [0.25, 0.3) is 5.56 Å². The molecule has 0 saturated heterocycles. The van der Waals surface area contributed by atoms with Crippen LogP contribution >= 0.6 is 0 Å². The van der Waals surface area contributed by atoms with E-state index in [-0.39, 0.29) is 18.1 Å². The lowest BCUT2D eigenvalue weighted by Crippen LogP contribution is -2.23. The van der Waals surface area contributed by atoms with Gasteiger partial charge in [-0.1, -0.05) is 18.1 Å². The minimum Gasteiger partial charge on any atom is -0.463 e. The first-order valence-electron chi connectivity index (χ1n) is 6.21. The monoisotopic (exact) mass is 268 g/mol. The Balaban J connectivity index is 2.47. The summed E-state index contributed by atoms with van der Waals surface area (Å²) < 4.78 is 8.30. The zero-order valence-electron chi connectivity index (χ0n) is 10.9. The van der Waals surface area contributed by atoms with E-state index in [1.807, 2.05) is 19.1 Å². The molecule has 0 bridgehead atoms. The van der Waals surface area contributed by atoms with E-state index in [1.165, 1.54) is 4.57 Å². The minimum atomic E-state index is -0.179. The van der Waals surface area contributed by atoms with Crippen LogP contribution in [-0.4, -0.2) is 25.8 Å². The molecule has 0 aliphatic heterocycles. The molecule has 6 heteroatoms. The van der Waals surface area contributed by atoms with E-state index in [0.717, 1.165) is 0 Å². The molecule has 0 fully saturated rings. The largest absolute Gasteiger partial charge is 0.463 e. The van der Waals surface area contributed by atoms with Crippen molar-refractivity contribution in [2.24, 2.45) is 0 Å². The van der Waals surface area contributed by atoms with Crippen molar-refractivity contribution in [1.29, 1.82) is 0 Å². The zero-order valence-corrected chi connectivity index (χ0v) is 10.9. The Kier molecular flexibility index (Phi) is 2.88. The Morgan fingerprint density at radius 2 is 2.20 bits per heavy atom. The number of rotatable bonds is 3. The third-order valence-corrected chi connectivity index (χ3v) is 2.94. The van der Waals surface area contributed by atoms with Crippen LogP contribution in [0.1, 0.15) is 6.92 Å². The van der Waals surface area contributed by atoms with E-state index in [4.69, 9.17) is 11.2 Å². The molecular weight excluding hydrogens is 256 g/mol. The highest BCUT2D eigenvalue weighted by atomic mass is 16.5. The van der Waals surface area contributed by atoms with Crippen molar-refractivity contribution >= 4 is 16.7 Å². The summed E-state index contributed by atoms with van der Waals surface area (Å²) in [5.41, 5.74) is 0.501. The van der Waals surface area contributed by atoms with Crippen molar-refractivity contribution in [3.8, 4) is 18.4 Å². The number of hydrogen-bond acceptors (Lipinski definition) is 4. The van der Waals surface area contributed by atoms with Crippen LogP contribution in [0.5, 0.6) is 6.01 Å². The second kappa shape index (κ2) is 4.70. The summed E-state index contributed by atoms with van der Waals surface area (Å²) in [5.74, 6) is 2.85. The van der Waals surface area contributed by atoms with Gasteiger partial charge in [-0.15, -0.1) is 11.5 Å². The number of fused-ring (bicyclic) bond motifs is 3. The highest BCUT2D eigenvalue weighted by molar-refractivity contribution is 5.79. The van der Waals surface area contributed by atoms with Crippen LogP contribution in [0.2, 0.25) is 0 Å². The van der Waals surface area contributed by atoms with Gasteiger partial charge in [-0.05, 0) is 19.1 Å². The van der Waals surface area contributed by atoms with Gasteiger partial charge in [0.2, 0.25) is 5.78 Å². The average Bonchev–Trinajstić information content (AvgIpc) is 2.88. The summed E-state index contributed by atoms with van der Waals surface area (Å²) >= 11 is 0. The number of para-hydroxylation sites is 1. The Bertz CT molecular complexity index is 886. The number of benzene rings is 1. The van der Waals surface area contributed by atoms with E-state index in [1.54, 1.807) is 16.6 Å². The number of ether oxygens (including phenoxy) is 1. The molecule has 3 rings (SSSR count). The molecule has 3 aromatic rings. The summed E-state index contributed by atoms with van der Waals surface area (Å²) in [5, 5.41) is 4.81. The predicted octanol–water partition coefficient (Wildman–Crippen LogP) is 1.08. The molecular formula is C14H12N4O2. The Labute approximate surface area is 114 Å². The zero-order chi connectivity index (χ0) is 14.1. The maximum atomic E-state index is 12.4. The van der Waals surface area contributed by atoms with Crippen LogP contribution in [0.15, 0.2) is 29.1 Å². The molecule has 0 amide bonds. The molecule has 1 aromatic carbocycles. The van der Waals surface area contributed by atoms with E-state index in [2.05, 4.69) is 16.0 Å². The van der Waals surface area contributed by atoms with Gasteiger partial charge < -0.3 is 4.74 Å². The van der Waals surface area contributed by atoms with Gasteiger partial charge in [0, 0.05) is 0 Å². The first kappa shape index (κ1) is 12.2. The SMILES string of the molecule is C#CCn1c(=O)c2ccccc2n2nc(OCC)nc12. The first-order valence-corrected chi connectivity index (χ1v) is 6.21. The molecule has 0 radical (unpaired) electrons. The highest BCUT2D eigenvalue weighted by Gasteiger charge is 2.14. The molecule has 2 aromatic heterocycles. The second-order valence-corrected chi connectivity index (χ2v) is 4.15. The van der Waals surface area contributed by atoms with Crippen LogP contribution in [0, 0.1) is 12.3 Å². The lowest BCUT2D eigenvalue weighted by atomic mass is 10.2. The molecule has 0 aliphatic carbocycles. The lowest BCUT2D eigenvalue weighted by Gasteiger charge is -2.05. The van der Waals surface area contributed by atoms with Gasteiger partial charge in [-0.2, -0.15) is 9.50 Å². The van der Waals surface area contributed by atoms with E-state index >= 15 is 0 Å². The molecule has 0 saturated carbocycles. The molecule has 0 unspecified atom stereocenters. The fraction of sp³-hybridized carbons (Fsp3) is 0.214. The highest BCUT2D eigenvalue weighted by Crippen LogP contribution is 2.14. The van der Waals surface area contributed by atoms with Gasteiger partial charge in [-0.25, -0.2) is 0 Å². The molecule has 2 heterocycles. The molecule has 0 N–H and O–H groups in total. The number of aromatic nitrogens is 4. The van der Waals surface area contributed by atoms with Crippen LogP contribution in [0.4, 0.5) is 0 Å².